The number of alkyl halides is 4. The Bertz CT molecular complexity index is 419. The second-order valence-electron chi connectivity index (χ2n) is 5.08. The lowest BCUT2D eigenvalue weighted by Crippen LogP contribution is -2.52. The lowest BCUT2D eigenvalue weighted by atomic mass is 10.1. The quantitative estimate of drug-likeness (QED) is 0.567. The fraction of sp³-hybridized carbons (Fsp3) is 0.727. The minimum atomic E-state index is -5.05. The first-order valence-corrected chi connectivity index (χ1v) is 5.69. The van der Waals surface area contributed by atoms with E-state index < -0.39 is 48.3 Å². The van der Waals surface area contributed by atoms with E-state index in [0.29, 0.717) is 0 Å². The molecule has 0 aliphatic heterocycles. The number of halogens is 4. The summed E-state index contributed by atoms with van der Waals surface area (Å²) >= 11 is 0. The Balaban J connectivity index is 4.84. The van der Waals surface area contributed by atoms with Crippen LogP contribution in [0.1, 0.15) is 27.2 Å². The zero-order chi connectivity index (χ0) is 17.0. The molecule has 2 N–H and O–H groups in total. The summed E-state index contributed by atoms with van der Waals surface area (Å²) in [6, 6.07) is -2.10. The van der Waals surface area contributed by atoms with Crippen molar-refractivity contribution < 1.29 is 41.8 Å². The minimum absolute atomic E-state index is 0.961. The van der Waals surface area contributed by atoms with Gasteiger partial charge in [-0.2, -0.15) is 8.78 Å². The Hall–Kier alpha value is -1.87. The summed E-state index contributed by atoms with van der Waals surface area (Å²) < 4.78 is 54.0. The number of aliphatic carboxylic acids is 1. The number of carbonyl (C=O) groups excluding carboxylic acids is 2. The molecular weight excluding hydrogens is 302 g/mol. The number of carbonyl (C=O) groups is 3. The van der Waals surface area contributed by atoms with Crippen molar-refractivity contribution in [1.29, 1.82) is 0 Å². The van der Waals surface area contributed by atoms with Gasteiger partial charge < -0.3 is 15.2 Å². The van der Waals surface area contributed by atoms with Crippen molar-refractivity contribution in [3.63, 3.8) is 0 Å². The lowest BCUT2D eigenvalue weighted by molar-refractivity contribution is -0.172. The highest BCUT2D eigenvalue weighted by molar-refractivity contribution is 5.90. The van der Waals surface area contributed by atoms with Crippen LogP contribution < -0.4 is 5.32 Å². The number of amides is 1. The van der Waals surface area contributed by atoms with E-state index in [1.807, 2.05) is 0 Å². The average Bonchev–Trinajstić information content (AvgIpc) is 2.24. The van der Waals surface area contributed by atoms with E-state index in [9.17, 15) is 31.9 Å². The molecule has 0 spiro atoms. The first-order valence-electron chi connectivity index (χ1n) is 5.69. The molecule has 0 saturated heterocycles. The monoisotopic (exact) mass is 317 g/mol. The van der Waals surface area contributed by atoms with Gasteiger partial charge in [-0.15, -0.1) is 0 Å². The summed E-state index contributed by atoms with van der Waals surface area (Å²) in [5.41, 5.74) is -0.961. The molecule has 0 bridgehead atoms. The lowest BCUT2D eigenvalue weighted by Gasteiger charge is -2.22. The molecule has 122 valence electrons. The van der Waals surface area contributed by atoms with Crippen molar-refractivity contribution in [3.8, 4) is 0 Å². The van der Waals surface area contributed by atoms with E-state index in [0.717, 1.165) is 0 Å². The van der Waals surface area contributed by atoms with Crippen molar-refractivity contribution in [2.24, 2.45) is 0 Å². The molecule has 0 unspecified atom stereocenters. The second kappa shape index (κ2) is 6.72. The molecule has 21 heavy (non-hydrogen) atoms. The van der Waals surface area contributed by atoms with Gasteiger partial charge in [0.05, 0.1) is 6.42 Å². The van der Waals surface area contributed by atoms with Gasteiger partial charge >= 0.3 is 24.3 Å². The average molecular weight is 317 g/mol. The molecule has 0 aromatic carbocycles. The fourth-order valence-electron chi connectivity index (χ4n) is 1.10. The summed E-state index contributed by atoms with van der Waals surface area (Å²) in [6.07, 6.45) is -5.27. The third-order valence-corrected chi connectivity index (χ3v) is 1.97. The zero-order valence-corrected chi connectivity index (χ0v) is 11.5. The van der Waals surface area contributed by atoms with Gasteiger partial charge in [-0.25, -0.2) is 13.6 Å². The number of ether oxygens (including phenoxy) is 1. The van der Waals surface area contributed by atoms with E-state index in [2.05, 4.69) is 0 Å². The molecule has 0 fully saturated rings. The van der Waals surface area contributed by atoms with E-state index in [-0.39, 0.29) is 0 Å². The summed E-state index contributed by atoms with van der Waals surface area (Å²) in [4.78, 5) is 33.1. The molecule has 0 radical (unpaired) electrons. The number of esters is 1. The van der Waals surface area contributed by atoms with Crippen molar-refractivity contribution in [3.05, 3.63) is 0 Å². The maximum absolute atomic E-state index is 12.7. The van der Waals surface area contributed by atoms with E-state index in [1.54, 1.807) is 0 Å². The Labute approximate surface area is 117 Å². The predicted molar refractivity (Wildman–Crippen MR) is 61.0 cm³/mol. The number of carboxylic acid groups (broad SMARTS) is 1. The highest BCUT2D eigenvalue weighted by Crippen LogP contribution is 2.23. The number of carboxylic acids is 1. The predicted octanol–water partition coefficient (Wildman–Crippen LogP) is 1.19. The van der Waals surface area contributed by atoms with Gasteiger partial charge in [0, 0.05) is 0 Å². The molecule has 0 aliphatic rings. The Morgan fingerprint density at radius 2 is 1.67 bits per heavy atom. The van der Waals surface area contributed by atoms with Crippen LogP contribution in [0.4, 0.5) is 17.6 Å². The summed E-state index contributed by atoms with van der Waals surface area (Å²) in [5, 5.41) is 9.90. The Kier molecular flexibility index (Phi) is 6.12. The highest BCUT2D eigenvalue weighted by Gasteiger charge is 2.50. The van der Waals surface area contributed by atoms with Crippen molar-refractivity contribution in [2.75, 3.05) is 0 Å². The van der Waals surface area contributed by atoms with Gasteiger partial charge in [-0.05, 0) is 20.8 Å². The molecule has 0 aliphatic carbocycles. The number of hydrogen-bond donors (Lipinski definition) is 2. The smallest absolute Gasteiger partial charge is 0.383 e. The number of hydrogen-bond acceptors (Lipinski definition) is 4. The summed E-state index contributed by atoms with van der Waals surface area (Å²) in [5.74, 6) is -10.5. The van der Waals surface area contributed by atoms with Crippen molar-refractivity contribution in [2.45, 2.75) is 51.2 Å². The van der Waals surface area contributed by atoms with Gasteiger partial charge in [0.25, 0.3) is 5.91 Å². The van der Waals surface area contributed by atoms with Gasteiger partial charge in [-0.3, -0.25) is 9.59 Å². The fourth-order valence-corrected chi connectivity index (χ4v) is 1.10. The molecule has 1 atom stereocenters. The van der Waals surface area contributed by atoms with Crippen LogP contribution in [0.25, 0.3) is 0 Å². The third-order valence-electron chi connectivity index (χ3n) is 1.97. The SMILES string of the molecule is CC(C)(C)OC(=O)C[C@H](NC(=O)C(F)(F)C(F)F)C(=O)O. The van der Waals surface area contributed by atoms with E-state index in [4.69, 9.17) is 9.84 Å². The second-order valence-corrected chi connectivity index (χ2v) is 5.08. The molecule has 1 amide bonds. The normalized spacial score (nSPS) is 13.7. The zero-order valence-electron chi connectivity index (χ0n) is 11.5. The van der Waals surface area contributed by atoms with Gasteiger partial charge in [0.15, 0.2) is 0 Å². The Morgan fingerprint density at radius 3 is 2.00 bits per heavy atom. The van der Waals surface area contributed by atoms with Crippen molar-refractivity contribution >= 4 is 17.8 Å². The highest BCUT2D eigenvalue weighted by atomic mass is 19.3. The first kappa shape index (κ1) is 19.1. The van der Waals surface area contributed by atoms with Crippen LogP contribution in [0, 0.1) is 0 Å². The molecule has 0 aromatic rings. The molecule has 0 aromatic heterocycles. The molecule has 0 saturated carbocycles. The van der Waals surface area contributed by atoms with Crippen molar-refractivity contribution in [1.82, 2.24) is 5.32 Å². The van der Waals surface area contributed by atoms with Crippen LogP contribution >= 0.6 is 0 Å². The maximum atomic E-state index is 12.7. The minimum Gasteiger partial charge on any atom is -0.480 e. The first-order chi connectivity index (χ1) is 9.27. The summed E-state index contributed by atoms with van der Waals surface area (Å²) in [6.45, 7) is 4.43. The van der Waals surface area contributed by atoms with Crippen LogP contribution in [-0.4, -0.2) is 46.9 Å². The number of rotatable bonds is 6. The van der Waals surface area contributed by atoms with Crippen LogP contribution in [0.2, 0.25) is 0 Å². The topological polar surface area (TPSA) is 92.7 Å². The molecule has 6 nitrogen and oxygen atoms in total. The molecule has 10 heteroatoms. The maximum Gasteiger partial charge on any atom is 0.383 e. The molecular formula is C11H15F4NO5. The largest absolute Gasteiger partial charge is 0.480 e. The van der Waals surface area contributed by atoms with Gasteiger partial charge in [0.2, 0.25) is 0 Å². The van der Waals surface area contributed by atoms with Crippen LogP contribution in [0.15, 0.2) is 0 Å². The standard InChI is InChI=1S/C11H15F4NO5/c1-10(2,3)21-6(17)4-5(7(18)19)16-9(20)11(14,15)8(12)13/h5,8H,4H2,1-3H3,(H,16,20)(H,18,19)/t5-/m0/s1. The van der Waals surface area contributed by atoms with Gasteiger partial charge in [0.1, 0.15) is 11.6 Å². The Morgan fingerprint density at radius 1 is 1.19 bits per heavy atom. The molecule has 0 rings (SSSR count). The summed E-state index contributed by atoms with van der Waals surface area (Å²) in [7, 11) is 0. The van der Waals surface area contributed by atoms with E-state index >= 15 is 0 Å². The van der Waals surface area contributed by atoms with E-state index in [1.165, 1.54) is 26.1 Å². The third kappa shape index (κ3) is 6.41. The van der Waals surface area contributed by atoms with Crippen LogP contribution in [-0.2, 0) is 19.1 Å². The van der Waals surface area contributed by atoms with Crippen LogP contribution in [0.5, 0.6) is 0 Å². The number of nitrogens with one attached hydrogen (secondary N) is 1. The molecule has 0 heterocycles. The van der Waals surface area contributed by atoms with Crippen LogP contribution in [0.3, 0.4) is 0 Å². The van der Waals surface area contributed by atoms with Gasteiger partial charge in [-0.1, -0.05) is 0 Å².